The van der Waals surface area contributed by atoms with E-state index in [2.05, 4.69) is 60.7 Å². The molecule has 2 aromatic carbocycles. The van der Waals surface area contributed by atoms with Gasteiger partial charge in [-0.3, -0.25) is 0 Å². The van der Waals surface area contributed by atoms with Gasteiger partial charge in [-0.2, -0.15) is 0 Å². The second-order valence-electron chi connectivity index (χ2n) is 8.14. The number of nitrogens with zero attached hydrogens (tertiary/aromatic N) is 3. The molecule has 28 heavy (non-hydrogen) atoms. The lowest BCUT2D eigenvalue weighted by Crippen LogP contribution is -2.11. The van der Waals surface area contributed by atoms with Crippen LogP contribution in [0.15, 0.2) is 70.1 Å². The first kappa shape index (κ1) is 18.2. The smallest absolute Gasteiger partial charge is 0.230 e. The fraction of sp³-hybridized carbons (Fsp3) is 0.250. The first-order valence-electron chi connectivity index (χ1n) is 9.55. The number of imidazole rings is 1. The molecule has 4 heteroatoms. The fourth-order valence-electron chi connectivity index (χ4n) is 3.25. The Labute approximate surface area is 165 Å². The van der Waals surface area contributed by atoms with Crippen molar-refractivity contribution < 1.29 is 4.42 Å². The molecule has 0 N–H and O–H groups in total. The molecular weight excluding hydrogens is 346 g/mol. The van der Waals surface area contributed by atoms with Crippen LogP contribution in [-0.2, 0) is 12.0 Å². The second kappa shape index (κ2) is 7.12. The molecule has 4 aromatic rings. The van der Waals surface area contributed by atoms with E-state index < -0.39 is 0 Å². The molecule has 142 valence electrons. The molecule has 0 saturated heterocycles. The molecule has 0 atom stereocenters. The van der Waals surface area contributed by atoms with Crippen LogP contribution in [0, 0.1) is 6.92 Å². The van der Waals surface area contributed by atoms with Crippen LogP contribution in [0.4, 0.5) is 5.95 Å². The van der Waals surface area contributed by atoms with Crippen LogP contribution in [0.25, 0.3) is 11.0 Å². The van der Waals surface area contributed by atoms with Gasteiger partial charge in [0, 0.05) is 0 Å². The second-order valence-corrected chi connectivity index (χ2v) is 8.14. The van der Waals surface area contributed by atoms with Crippen molar-refractivity contribution in [1.82, 2.24) is 9.55 Å². The predicted molar refractivity (Wildman–Crippen MR) is 115 cm³/mol. The van der Waals surface area contributed by atoms with Crippen molar-refractivity contribution >= 4 is 23.2 Å². The summed E-state index contributed by atoms with van der Waals surface area (Å²) in [4.78, 5) is 9.32. The van der Waals surface area contributed by atoms with Crippen LogP contribution in [0.5, 0.6) is 0 Å². The fourth-order valence-corrected chi connectivity index (χ4v) is 3.25. The minimum atomic E-state index is 0.150. The van der Waals surface area contributed by atoms with Crippen molar-refractivity contribution in [2.45, 2.75) is 39.7 Å². The van der Waals surface area contributed by atoms with E-state index in [1.165, 1.54) is 11.1 Å². The van der Waals surface area contributed by atoms with E-state index in [0.29, 0.717) is 5.95 Å². The summed E-state index contributed by atoms with van der Waals surface area (Å²) in [5.74, 6) is 2.27. The lowest BCUT2D eigenvalue weighted by atomic mass is 9.87. The summed E-state index contributed by atoms with van der Waals surface area (Å²) in [6, 6.07) is 20.8. The molecule has 0 bridgehead atoms. The molecule has 0 fully saturated rings. The third-order valence-electron chi connectivity index (χ3n) is 4.86. The van der Waals surface area contributed by atoms with Crippen LogP contribution >= 0.6 is 0 Å². The third kappa shape index (κ3) is 3.77. The van der Waals surface area contributed by atoms with Gasteiger partial charge in [-0.25, -0.2) is 9.98 Å². The summed E-state index contributed by atoms with van der Waals surface area (Å²) in [6.45, 7) is 9.33. The topological polar surface area (TPSA) is 43.3 Å². The van der Waals surface area contributed by atoms with Crippen molar-refractivity contribution in [2.24, 2.45) is 4.99 Å². The number of rotatable bonds is 4. The van der Waals surface area contributed by atoms with Crippen LogP contribution in [0.3, 0.4) is 0 Å². The Balaban J connectivity index is 1.70. The maximum Gasteiger partial charge on any atom is 0.230 e. The maximum absolute atomic E-state index is 5.60. The van der Waals surface area contributed by atoms with Gasteiger partial charge in [0.05, 0.1) is 23.8 Å². The van der Waals surface area contributed by atoms with Crippen LogP contribution in [-0.4, -0.2) is 15.8 Å². The number of aliphatic imine (C=N–C) groups is 1. The van der Waals surface area contributed by atoms with Crippen LogP contribution in [0.1, 0.15) is 43.4 Å². The molecule has 0 saturated carbocycles. The first-order chi connectivity index (χ1) is 13.4. The van der Waals surface area contributed by atoms with E-state index in [9.17, 15) is 0 Å². The van der Waals surface area contributed by atoms with Crippen molar-refractivity contribution in [1.29, 1.82) is 0 Å². The highest BCUT2D eigenvalue weighted by atomic mass is 16.3. The predicted octanol–water partition coefficient (Wildman–Crippen LogP) is 6.03. The molecule has 0 aliphatic rings. The van der Waals surface area contributed by atoms with E-state index in [4.69, 9.17) is 9.40 Å². The van der Waals surface area contributed by atoms with Gasteiger partial charge in [0.2, 0.25) is 5.95 Å². The number of aryl methyl sites for hydroxylation is 1. The summed E-state index contributed by atoms with van der Waals surface area (Å²) in [5.41, 5.74) is 4.72. The quantitative estimate of drug-likeness (QED) is 0.411. The Morgan fingerprint density at radius 2 is 1.75 bits per heavy atom. The van der Waals surface area contributed by atoms with E-state index in [0.717, 1.165) is 29.1 Å². The average molecular weight is 371 g/mol. The molecule has 0 spiro atoms. The summed E-state index contributed by atoms with van der Waals surface area (Å²) >= 11 is 0. The highest BCUT2D eigenvalue weighted by Crippen LogP contribution is 2.25. The van der Waals surface area contributed by atoms with Gasteiger partial charge in [-0.05, 0) is 47.7 Å². The molecule has 4 rings (SSSR count). The highest BCUT2D eigenvalue weighted by Gasteiger charge is 2.14. The van der Waals surface area contributed by atoms with E-state index in [-0.39, 0.29) is 5.41 Å². The summed E-state index contributed by atoms with van der Waals surface area (Å²) in [7, 11) is 0. The normalized spacial score (nSPS) is 12.3. The zero-order chi connectivity index (χ0) is 19.7. The minimum absolute atomic E-state index is 0.150. The van der Waals surface area contributed by atoms with E-state index in [1.807, 2.05) is 37.3 Å². The summed E-state index contributed by atoms with van der Waals surface area (Å²) in [6.07, 6.45) is 1.73. The van der Waals surface area contributed by atoms with Crippen molar-refractivity contribution in [3.8, 4) is 0 Å². The van der Waals surface area contributed by atoms with Gasteiger partial charge in [0.1, 0.15) is 11.5 Å². The molecule has 4 nitrogen and oxygen atoms in total. The third-order valence-corrected chi connectivity index (χ3v) is 4.86. The van der Waals surface area contributed by atoms with Gasteiger partial charge in [0.15, 0.2) is 0 Å². The average Bonchev–Trinajstić information content (AvgIpc) is 3.23. The Bertz CT molecular complexity index is 1120. The van der Waals surface area contributed by atoms with E-state index in [1.54, 1.807) is 6.21 Å². The number of benzene rings is 2. The molecule has 0 aliphatic carbocycles. The van der Waals surface area contributed by atoms with Gasteiger partial charge in [-0.15, -0.1) is 0 Å². The van der Waals surface area contributed by atoms with E-state index >= 15 is 0 Å². The zero-order valence-electron chi connectivity index (χ0n) is 16.8. The molecule has 2 aromatic heterocycles. The number of para-hydroxylation sites is 2. The zero-order valence-corrected chi connectivity index (χ0v) is 16.8. The van der Waals surface area contributed by atoms with Crippen molar-refractivity contribution in [3.63, 3.8) is 0 Å². The van der Waals surface area contributed by atoms with Gasteiger partial charge in [0.25, 0.3) is 0 Å². The van der Waals surface area contributed by atoms with Gasteiger partial charge >= 0.3 is 0 Å². The monoisotopic (exact) mass is 371 g/mol. The minimum Gasteiger partial charge on any atom is -0.460 e. The lowest BCUT2D eigenvalue weighted by Gasteiger charge is -2.19. The summed E-state index contributed by atoms with van der Waals surface area (Å²) < 4.78 is 7.74. The molecule has 2 heterocycles. The van der Waals surface area contributed by atoms with Crippen LogP contribution in [0.2, 0.25) is 0 Å². The van der Waals surface area contributed by atoms with Crippen molar-refractivity contribution in [2.75, 3.05) is 0 Å². The molecular formula is C24H25N3O. The highest BCUT2D eigenvalue weighted by molar-refractivity contribution is 5.82. The molecule has 0 aliphatic heterocycles. The number of hydrogen-bond acceptors (Lipinski definition) is 3. The van der Waals surface area contributed by atoms with Crippen molar-refractivity contribution in [3.05, 3.63) is 83.3 Å². The number of aromatic nitrogens is 2. The molecule has 0 unspecified atom stereocenters. The molecule has 0 radical (unpaired) electrons. The van der Waals surface area contributed by atoms with Crippen LogP contribution < -0.4 is 0 Å². The first-order valence-corrected chi connectivity index (χ1v) is 9.55. The number of hydrogen-bond donors (Lipinski definition) is 0. The number of furan rings is 1. The Morgan fingerprint density at radius 3 is 2.43 bits per heavy atom. The standard InChI is InChI=1S/C24H25N3O/c1-17-9-14-20(28-17)15-25-23-26-21-7-5-6-8-22(21)27(23)16-18-10-12-19(13-11-18)24(2,3)4/h5-15H,16H2,1-4H3. The SMILES string of the molecule is Cc1ccc(C=Nc2nc3ccccc3n2Cc2ccc(C(C)(C)C)cc2)o1. The summed E-state index contributed by atoms with van der Waals surface area (Å²) in [5, 5.41) is 0. The number of fused-ring (bicyclic) bond motifs is 1. The van der Waals surface area contributed by atoms with Gasteiger partial charge in [-0.1, -0.05) is 57.2 Å². The Kier molecular flexibility index (Phi) is 4.63. The Hall–Kier alpha value is -3.14. The largest absolute Gasteiger partial charge is 0.460 e. The Morgan fingerprint density at radius 1 is 1.00 bits per heavy atom. The van der Waals surface area contributed by atoms with Gasteiger partial charge < -0.3 is 8.98 Å². The molecule has 0 amide bonds. The maximum atomic E-state index is 5.60. The lowest BCUT2D eigenvalue weighted by molar-refractivity contribution is 0.528.